The van der Waals surface area contributed by atoms with E-state index in [4.69, 9.17) is 9.47 Å². The van der Waals surface area contributed by atoms with Crippen molar-refractivity contribution in [1.29, 1.82) is 0 Å². The number of benzene rings is 2. The number of amides is 6. The number of rotatable bonds is 17. The number of nitrogens with one attached hydrogen (secondary N) is 8. The van der Waals surface area contributed by atoms with Crippen molar-refractivity contribution in [3.05, 3.63) is 60.7 Å². The van der Waals surface area contributed by atoms with E-state index in [9.17, 15) is 28.8 Å². The summed E-state index contributed by atoms with van der Waals surface area (Å²) < 4.78 is 10.3. The highest BCUT2D eigenvalue weighted by atomic mass is 33.1. The van der Waals surface area contributed by atoms with Crippen molar-refractivity contribution in [2.45, 2.75) is 64.8 Å². The van der Waals surface area contributed by atoms with Gasteiger partial charge in [-0.1, -0.05) is 58.0 Å². The minimum absolute atomic E-state index is 0.0376. The van der Waals surface area contributed by atoms with Gasteiger partial charge >= 0.3 is 12.2 Å². The summed E-state index contributed by atoms with van der Waals surface area (Å²) in [4.78, 5) is 75.6. The van der Waals surface area contributed by atoms with Crippen LogP contribution in [0.3, 0.4) is 0 Å². The molecule has 0 heterocycles. The number of hydrogen-bond acceptors (Lipinski definition) is 12. The van der Waals surface area contributed by atoms with Crippen LogP contribution in [-0.2, 0) is 28.7 Å². The summed E-state index contributed by atoms with van der Waals surface area (Å²) in [7, 11) is 2.31. The van der Waals surface area contributed by atoms with Gasteiger partial charge in [0, 0.05) is 11.5 Å². The molecule has 0 spiro atoms. The molecule has 2 atom stereocenters. The van der Waals surface area contributed by atoms with Crippen LogP contribution in [0.5, 0.6) is 0 Å². The van der Waals surface area contributed by atoms with E-state index in [0.717, 1.165) is 21.6 Å². The van der Waals surface area contributed by atoms with E-state index in [1.807, 2.05) is 12.1 Å². The fraction of sp³-hybridized carbons (Fsp3) is 0.438. The molecule has 50 heavy (non-hydrogen) atoms. The van der Waals surface area contributed by atoms with Gasteiger partial charge in [-0.2, -0.15) is 0 Å². The van der Waals surface area contributed by atoms with Crippen molar-refractivity contribution in [3.8, 4) is 0 Å². The van der Waals surface area contributed by atoms with Gasteiger partial charge < -0.3 is 30.7 Å². The van der Waals surface area contributed by atoms with Crippen LogP contribution in [0, 0.1) is 0 Å². The molecule has 274 valence electrons. The van der Waals surface area contributed by atoms with E-state index in [1.54, 1.807) is 90.1 Å². The Labute approximate surface area is 299 Å². The average Bonchev–Trinajstić information content (AvgIpc) is 3.04. The molecule has 0 fully saturated rings. The molecule has 18 heteroatoms. The third-order valence-electron chi connectivity index (χ3n) is 5.65. The topological polar surface area (TPSA) is 217 Å². The normalized spacial score (nSPS) is 12.2. The van der Waals surface area contributed by atoms with Gasteiger partial charge in [-0.25, -0.2) is 9.59 Å². The van der Waals surface area contributed by atoms with Crippen molar-refractivity contribution < 1.29 is 38.2 Å². The lowest BCUT2D eigenvalue weighted by atomic mass is 10.2. The van der Waals surface area contributed by atoms with E-state index in [0.29, 0.717) is 11.4 Å². The monoisotopic (exact) mass is 734 g/mol. The van der Waals surface area contributed by atoms with Crippen LogP contribution in [0.2, 0.25) is 0 Å². The Morgan fingerprint density at radius 3 is 1.24 bits per heavy atom. The van der Waals surface area contributed by atoms with Gasteiger partial charge in [0.1, 0.15) is 36.4 Å². The Balaban J connectivity index is 2.03. The molecule has 6 amide bonds. The summed E-state index contributed by atoms with van der Waals surface area (Å²) >= 11 is 0. The number of hydrazine groups is 2. The van der Waals surface area contributed by atoms with Crippen LogP contribution in [0.25, 0.3) is 0 Å². The second-order valence-electron chi connectivity index (χ2n) is 12.5. The minimum Gasteiger partial charge on any atom is -0.444 e. The number of hydrogen-bond donors (Lipinski definition) is 8. The molecular weight excluding hydrogens is 689 g/mol. The highest BCUT2D eigenvalue weighted by Gasteiger charge is 2.25. The van der Waals surface area contributed by atoms with Gasteiger partial charge in [0.05, 0.1) is 11.4 Å². The number of para-hydroxylation sites is 2. The molecule has 0 aliphatic rings. The lowest BCUT2D eigenvalue weighted by Crippen LogP contribution is -2.52. The van der Waals surface area contributed by atoms with Crippen LogP contribution in [-0.4, -0.2) is 83.7 Å². The molecular formula is C32H46N8O8S2. The van der Waals surface area contributed by atoms with Gasteiger partial charge in [0.25, 0.3) is 11.8 Å². The smallest absolute Gasteiger partial charge is 0.408 e. The van der Waals surface area contributed by atoms with Gasteiger partial charge in [-0.05, 0) is 65.8 Å². The Morgan fingerprint density at radius 1 is 0.580 bits per heavy atom. The van der Waals surface area contributed by atoms with Crippen molar-refractivity contribution in [1.82, 2.24) is 32.1 Å². The molecule has 0 aromatic heterocycles. The Kier molecular flexibility index (Phi) is 17.0. The fourth-order valence-electron chi connectivity index (χ4n) is 3.51. The predicted octanol–water partition coefficient (Wildman–Crippen LogP) is 2.67. The van der Waals surface area contributed by atoms with Crippen LogP contribution in [0.1, 0.15) is 41.5 Å². The molecule has 16 nitrogen and oxygen atoms in total. The van der Waals surface area contributed by atoms with Crippen LogP contribution in [0.15, 0.2) is 60.7 Å². The van der Waals surface area contributed by atoms with Gasteiger partial charge in [0.15, 0.2) is 0 Å². The molecule has 0 unspecified atom stereocenters. The van der Waals surface area contributed by atoms with Crippen LogP contribution < -0.4 is 43.0 Å². The number of carbonyl (C=O) groups excluding carboxylic acids is 6. The molecule has 2 aromatic rings. The molecule has 0 saturated carbocycles. The quantitative estimate of drug-likeness (QED) is 0.0669. The maximum Gasteiger partial charge on any atom is 0.408 e. The molecule has 8 N–H and O–H groups in total. The average molecular weight is 735 g/mol. The standard InChI is InChI=1S/C32H46N8O8S2/c1-31(2,3)47-29(45)33-17-25(41)35-23(27(43)39-37-21-13-9-7-10-14-21)19-49-50-20-24(28(44)40-38-22-15-11-8-12-16-22)36-26(42)18-34-30(46)48-32(4,5)6/h7-16,23-24,37-38H,17-20H2,1-6H3,(H,33,45)(H,34,46)(H,35,41)(H,36,42)(H,39,43)(H,40,44)/t23-,24-/m0/s1. The minimum atomic E-state index is -1.07. The molecule has 0 saturated heterocycles. The van der Waals surface area contributed by atoms with Crippen molar-refractivity contribution in [2.75, 3.05) is 35.4 Å². The van der Waals surface area contributed by atoms with Gasteiger partial charge in [-0.15, -0.1) is 0 Å². The maximum absolute atomic E-state index is 13.1. The fourth-order valence-corrected chi connectivity index (χ4v) is 5.83. The first-order valence-corrected chi connectivity index (χ1v) is 18.0. The van der Waals surface area contributed by atoms with Crippen LogP contribution >= 0.6 is 21.6 Å². The van der Waals surface area contributed by atoms with Crippen LogP contribution in [0.4, 0.5) is 21.0 Å². The van der Waals surface area contributed by atoms with E-state index < -0.39 is 72.2 Å². The highest BCUT2D eigenvalue weighted by Crippen LogP contribution is 2.23. The number of carbonyl (C=O) groups is 6. The van der Waals surface area contributed by atoms with E-state index in [1.165, 1.54) is 0 Å². The third kappa shape index (κ3) is 18.6. The molecule has 2 rings (SSSR count). The Hall–Kier alpha value is -4.84. The summed E-state index contributed by atoms with van der Waals surface area (Å²) in [6.07, 6.45) is -1.59. The molecule has 0 bridgehead atoms. The number of alkyl carbamates (subject to hydrolysis) is 2. The van der Waals surface area contributed by atoms with E-state index >= 15 is 0 Å². The highest BCUT2D eigenvalue weighted by molar-refractivity contribution is 8.76. The summed E-state index contributed by atoms with van der Waals surface area (Å²) in [5.41, 5.74) is 10.3. The molecule has 0 aliphatic heterocycles. The third-order valence-corrected chi connectivity index (χ3v) is 8.07. The summed E-state index contributed by atoms with van der Waals surface area (Å²) in [6, 6.07) is 15.5. The van der Waals surface area contributed by atoms with E-state index in [-0.39, 0.29) is 11.5 Å². The molecule has 2 aromatic carbocycles. The summed E-state index contributed by atoms with van der Waals surface area (Å²) in [6.45, 7) is 9.21. The first-order valence-electron chi connectivity index (χ1n) is 15.5. The lowest BCUT2D eigenvalue weighted by molar-refractivity contribution is -0.127. The van der Waals surface area contributed by atoms with Gasteiger partial charge in [-0.3, -0.25) is 40.9 Å². The van der Waals surface area contributed by atoms with Gasteiger partial charge in [0.2, 0.25) is 11.8 Å². The Morgan fingerprint density at radius 2 is 0.920 bits per heavy atom. The number of ether oxygens (including phenoxy) is 2. The zero-order chi connectivity index (χ0) is 37.2. The van der Waals surface area contributed by atoms with Crippen molar-refractivity contribution in [2.24, 2.45) is 0 Å². The zero-order valence-electron chi connectivity index (χ0n) is 28.8. The van der Waals surface area contributed by atoms with Crippen molar-refractivity contribution in [3.63, 3.8) is 0 Å². The first-order chi connectivity index (χ1) is 23.5. The Bertz CT molecular complexity index is 1320. The maximum atomic E-state index is 13.1. The lowest BCUT2D eigenvalue weighted by Gasteiger charge is -2.22. The molecule has 0 radical (unpaired) electrons. The van der Waals surface area contributed by atoms with Crippen molar-refractivity contribution >= 4 is 68.8 Å². The predicted molar refractivity (Wildman–Crippen MR) is 194 cm³/mol. The van der Waals surface area contributed by atoms with E-state index in [2.05, 4.69) is 43.0 Å². The molecule has 0 aliphatic carbocycles. The largest absolute Gasteiger partial charge is 0.444 e. The number of anilines is 2. The summed E-state index contributed by atoms with van der Waals surface area (Å²) in [5, 5.41) is 9.88. The first kappa shape index (κ1) is 41.3. The second-order valence-corrected chi connectivity index (χ2v) is 15.0. The summed E-state index contributed by atoms with van der Waals surface area (Å²) in [5.74, 6) is -2.36. The SMILES string of the molecule is CC(C)(C)OC(=O)NCC(=O)N[C@@H](CSSC[C@H](NC(=O)CNC(=O)OC(C)(C)C)C(=O)NNc1ccccc1)C(=O)NNc1ccccc1. The second kappa shape index (κ2) is 20.6. The zero-order valence-corrected chi connectivity index (χ0v) is 30.5.